The molecule has 0 aliphatic carbocycles. The molecule has 1 aliphatic heterocycles. The monoisotopic (exact) mass is 503 g/mol. The molecule has 0 unspecified atom stereocenters. The first-order chi connectivity index (χ1) is 14.3. The van der Waals surface area contributed by atoms with Gasteiger partial charge < -0.3 is 21.1 Å². The summed E-state index contributed by atoms with van der Waals surface area (Å²) in [5.41, 5.74) is 0.582. The molecule has 1 fully saturated rings. The Morgan fingerprint density at radius 2 is 1.66 bits per heavy atom. The molecule has 0 amide bonds. The summed E-state index contributed by atoms with van der Waals surface area (Å²) >= 11 is 11.3. The van der Waals surface area contributed by atoms with Crippen LogP contribution < -0.4 is 56.1 Å². The van der Waals surface area contributed by atoms with Crippen molar-refractivity contribution in [2.75, 3.05) is 13.2 Å². The number of rotatable bonds is 5. The third kappa shape index (κ3) is 13.7. The van der Waals surface area contributed by atoms with Crippen molar-refractivity contribution in [3.8, 4) is 23.6 Å². The molecule has 2 aromatic carbocycles. The molecule has 0 aromatic heterocycles. The molecule has 165 valence electrons. The van der Waals surface area contributed by atoms with Gasteiger partial charge in [-0.15, -0.1) is 0 Å². The minimum absolute atomic E-state index is 0. The summed E-state index contributed by atoms with van der Waals surface area (Å²) in [6.07, 6.45) is 1.94. The molecule has 0 bridgehead atoms. The second-order valence-corrected chi connectivity index (χ2v) is 7.14. The fraction of sp³-hybridized carbons (Fsp3) is 0.364. The minimum Gasteiger partial charge on any atom is -1.00 e. The van der Waals surface area contributed by atoms with E-state index >= 15 is 0 Å². The van der Waals surface area contributed by atoms with Gasteiger partial charge in [0.2, 0.25) is 0 Å². The summed E-state index contributed by atoms with van der Waals surface area (Å²) in [5, 5.41) is 36.4. The molecule has 32 heavy (non-hydrogen) atoms. The van der Waals surface area contributed by atoms with Crippen molar-refractivity contribution < 1.29 is 72.5 Å². The zero-order valence-electron chi connectivity index (χ0n) is 19.4. The summed E-state index contributed by atoms with van der Waals surface area (Å²) in [4.78, 5) is 0. The van der Waals surface area contributed by atoms with Crippen LogP contribution in [-0.4, -0.2) is 44.0 Å². The van der Waals surface area contributed by atoms with Crippen molar-refractivity contribution in [2.24, 2.45) is 0 Å². The van der Waals surface area contributed by atoms with E-state index in [4.69, 9.17) is 48.3 Å². The molecule has 0 spiro atoms. The number of aromatic hydroxyl groups is 1. The molecule has 3 radical (unpaired) electrons. The van der Waals surface area contributed by atoms with Crippen LogP contribution in [0.2, 0.25) is 10.0 Å². The van der Waals surface area contributed by atoms with Gasteiger partial charge in [0.05, 0.1) is 29.9 Å². The molecule has 1 heterocycles. The first kappa shape index (κ1) is 33.4. The number of hydrogen-bond donors (Lipinski definition) is 2. The topological polar surface area (TPSA) is 110 Å². The van der Waals surface area contributed by atoms with Gasteiger partial charge in [-0.3, -0.25) is 0 Å². The summed E-state index contributed by atoms with van der Waals surface area (Å²) in [5.74, 6) is 0.418. The van der Waals surface area contributed by atoms with E-state index in [-0.39, 0.29) is 79.1 Å². The third-order valence-electron chi connectivity index (χ3n) is 3.90. The van der Waals surface area contributed by atoms with Crippen molar-refractivity contribution in [2.45, 2.75) is 38.9 Å². The van der Waals surface area contributed by atoms with E-state index in [1.807, 2.05) is 13.0 Å². The van der Waals surface area contributed by atoms with E-state index in [1.165, 1.54) is 30.7 Å². The average molecular weight is 504 g/mol. The summed E-state index contributed by atoms with van der Waals surface area (Å²) in [6, 6.07) is 12.9. The average Bonchev–Trinajstić information content (AvgIpc) is 3.59. The van der Waals surface area contributed by atoms with E-state index in [0.29, 0.717) is 33.9 Å². The fourth-order valence-corrected chi connectivity index (χ4v) is 2.27. The normalized spacial score (nSPS) is 13.7. The molecule has 10 heteroatoms. The van der Waals surface area contributed by atoms with E-state index in [1.54, 1.807) is 18.2 Å². The van der Waals surface area contributed by atoms with Gasteiger partial charge >= 0.3 is 51.4 Å². The molecule has 2 N–H and O–H groups in total. The van der Waals surface area contributed by atoms with E-state index in [0.717, 1.165) is 6.61 Å². The number of halogens is 2. The number of nitrogens with zero attached hydrogens (tertiary/aromatic N) is 2. The first-order valence-electron chi connectivity index (χ1n) is 9.35. The van der Waals surface area contributed by atoms with E-state index in [2.05, 4.69) is 6.92 Å². The molecule has 0 saturated carbocycles. The molecule has 6 nitrogen and oxygen atoms in total. The molecular weight excluding hydrogens is 477 g/mol. The molecule has 1 aliphatic rings. The molecule has 2 aromatic rings. The number of epoxide rings is 1. The zero-order chi connectivity index (χ0) is 22.5. The van der Waals surface area contributed by atoms with Crippen LogP contribution in [0, 0.1) is 22.7 Å². The fourth-order valence-electron chi connectivity index (χ4n) is 1.92. The van der Waals surface area contributed by atoms with Crippen molar-refractivity contribution >= 4 is 31.6 Å². The van der Waals surface area contributed by atoms with Gasteiger partial charge in [0.1, 0.15) is 30.2 Å². The third-order valence-corrected chi connectivity index (χ3v) is 4.37. The smallest absolute Gasteiger partial charge is 1.00 e. The van der Waals surface area contributed by atoms with Crippen LogP contribution in [0.5, 0.6) is 11.5 Å². The van der Waals surface area contributed by atoms with Crippen molar-refractivity contribution in [3.05, 3.63) is 57.6 Å². The van der Waals surface area contributed by atoms with Crippen LogP contribution in [0.4, 0.5) is 0 Å². The number of benzene rings is 2. The van der Waals surface area contributed by atoms with Gasteiger partial charge in [-0.25, -0.2) is 0 Å². The number of aliphatic hydroxyl groups is 1. The van der Waals surface area contributed by atoms with Crippen LogP contribution in [0.3, 0.4) is 0 Å². The standard InChI is InChI=1S/C11H12ClNO2.C7H4ClNO.C4H8O.B.K.H/c1-2-10(14)7-15-11-4-3-9(12)5-8(11)6-13;8-6-1-2-7(10)5(3-6)4-9;1-2-4-3-5-4;;;/h3-5,10,14H,2,7H2,1H3;1-3,10H;4H,2-3H2,1H3;;;/q;;;;+1;-1/t10-;;4-;;;/m1.1.../s1/i;;;;;1+2. The first-order valence-corrected chi connectivity index (χ1v) is 10.1. The summed E-state index contributed by atoms with van der Waals surface area (Å²) < 4.78 is 10.2. The maximum Gasteiger partial charge on any atom is 1.00 e. The number of phenolic OH excluding ortho intramolecular Hbond substituents is 1. The second-order valence-electron chi connectivity index (χ2n) is 6.26. The Labute approximate surface area is 245 Å². The maximum absolute atomic E-state index is 9.30. The van der Waals surface area contributed by atoms with Gasteiger partial charge in [-0.2, -0.15) is 10.5 Å². The second kappa shape index (κ2) is 18.6. The Morgan fingerprint density at radius 1 is 1.12 bits per heavy atom. The van der Waals surface area contributed by atoms with Gasteiger partial charge in [0.25, 0.3) is 0 Å². The Bertz CT molecular complexity index is 909. The Morgan fingerprint density at radius 3 is 2.06 bits per heavy atom. The molecule has 3 rings (SSSR count). The van der Waals surface area contributed by atoms with Gasteiger partial charge in [0.15, 0.2) is 0 Å². The van der Waals surface area contributed by atoms with Gasteiger partial charge in [-0.05, 0) is 49.2 Å². The number of nitriles is 2. The number of hydrogen-bond acceptors (Lipinski definition) is 6. The number of aliphatic hydroxyl groups excluding tert-OH is 1. The number of phenols is 1. The van der Waals surface area contributed by atoms with Crippen molar-refractivity contribution in [3.63, 3.8) is 0 Å². The molecule has 1 saturated heterocycles. The van der Waals surface area contributed by atoms with Crippen LogP contribution in [0.25, 0.3) is 0 Å². The Balaban J connectivity index is -0.000000434. The van der Waals surface area contributed by atoms with E-state index in [9.17, 15) is 5.11 Å². The van der Waals surface area contributed by atoms with Crippen molar-refractivity contribution in [1.29, 1.82) is 10.5 Å². The largest absolute Gasteiger partial charge is 1.00 e. The predicted octanol–water partition coefficient (Wildman–Crippen LogP) is 1.81. The zero-order valence-corrected chi connectivity index (χ0v) is 23.0. The number of ether oxygens (including phenoxy) is 2. The molecule has 2 atom stereocenters. The summed E-state index contributed by atoms with van der Waals surface area (Å²) in [6.45, 7) is 5.20. The predicted molar refractivity (Wildman–Crippen MR) is 123 cm³/mol. The van der Waals surface area contributed by atoms with Crippen LogP contribution in [0.15, 0.2) is 36.4 Å². The van der Waals surface area contributed by atoms with Gasteiger partial charge in [-0.1, -0.05) is 37.0 Å². The summed E-state index contributed by atoms with van der Waals surface area (Å²) in [7, 11) is 0. The van der Waals surface area contributed by atoms with E-state index < -0.39 is 6.10 Å². The van der Waals surface area contributed by atoms with Gasteiger partial charge in [0, 0.05) is 18.5 Å². The quantitative estimate of drug-likeness (QED) is 0.475. The Hall–Kier alpha value is -0.779. The van der Waals surface area contributed by atoms with Crippen LogP contribution in [0.1, 0.15) is 39.2 Å². The molecular formula is C22H25BCl2KN2O4. The van der Waals surface area contributed by atoms with Crippen LogP contribution in [-0.2, 0) is 4.74 Å². The minimum atomic E-state index is -0.507. The SMILES string of the molecule is CC[C@@H](O)COc1ccc(Cl)cc1C#N.CC[C@@H]1CO1.N#Cc1cc(Cl)ccc1O.[3H-].[B].[K+]. The van der Waals surface area contributed by atoms with Crippen LogP contribution >= 0.6 is 23.2 Å². The Kier molecular flexibility index (Phi) is 19.4. The van der Waals surface area contributed by atoms with Crippen molar-refractivity contribution in [1.82, 2.24) is 0 Å². The maximum atomic E-state index is 9.30.